The molecule has 2 aromatic carbocycles. The Bertz CT molecular complexity index is 843. The average Bonchev–Trinajstić information content (AvgIpc) is 2.67. The largest absolute Gasteiger partial charge is 0.484 e. The lowest BCUT2D eigenvalue weighted by Crippen LogP contribution is -2.37. The molecule has 0 unspecified atom stereocenters. The molecule has 0 saturated carbocycles. The molecule has 2 aromatic rings. The Morgan fingerprint density at radius 2 is 1.92 bits per heavy atom. The molecule has 5 heteroatoms. The third-order valence-corrected chi connectivity index (χ3v) is 4.38. The second kappa shape index (κ2) is 7.95. The van der Waals surface area contributed by atoms with Crippen LogP contribution in [0.2, 0.25) is 0 Å². The molecule has 0 fully saturated rings. The molecular weight excluding hydrogens is 333 g/mol. The first-order valence-corrected chi connectivity index (χ1v) is 8.49. The topological polar surface area (TPSA) is 46.6 Å². The van der Waals surface area contributed by atoms with Crippen molar-refractivity contribution in [3.05, 3.63) is 71.6 Å². The van der Waals surface area contributed by atoms with Gasteiger partial charge < -0.3 is 9.64 Å². The van der Waals surface area contributed by atoms with Crippen LogP contribution in [0.25, 0.3) is 5.57 Å². The Labute approximate surface area is 151 Å². The van der Waals surface area contributed by atoms with Gasteiger partial charge in [-0.25, -0.2) is 4.39 Å². The van der Waals surface area contributed by atoms with Crippen molar-refractivity contribution in [1.29, 1.82) is 0 Å². The molecule has 3 rings (SSSR count). The molecule has 0 aliphatic carbocycles. The van der Waals surface area contributed by atoms with Crippen molar-refractivity contribution in [2.45, 2.75) is 13.3 Å². The predicted octanol–water partition coefficient (Wildman–Crippen LogP) is 3.72. The summed E-state index contributed by atoms with van der Waals surface area (Å²) in [7, 11) is 0. The number of rotatable bonds is 5. The fourth-order valence-corrected chi connectivity index (χ4v) is 2.86. The average molecular weight is 353 g/mol. The lowest BCUT2D eigenvalue weighted by molar-refractivity contribution is -0.132. The Hall–Kier alpha value is -2.95. The summed E-state index contributed by atoms with van der Waals surface area (Å²) in [5.41, 5.74) is 2.65. The number of halogens is 1. The van der Waals surface area contributed by atoms with Crippen LogP contribution in [0.1, 0.15) is 29.3 Å². The van der Waals surface area contributed by atoms with Crippen LogP contribution in [0.3, 0.4) is 0 Å². The Morgan fingerprint density at radius 3 is 2.58 bits per heavy atom. The summed E-state index contributed by atoms with van der Waals surface area (Å²) in [6.45, 7) is 2.52. The standard InChI is InChI=1S/C21H20FNO3/c1-15(24)18-3-2-4-20(13-18)26-14-21(25)23-11-9-17(10-12-23)16-5-7-19(22)8-6-16/h2-9,13H,10-12,14H2,1H3. The fraction of sp³-hybridized carbons (Fsp3) is 0.238. The number of nitrogens with zero attached hydrogens (tertiary/aromatic N) is 1. The lowest BCUT2D eigenvalue weighted by atomic mass is 9.99. The fourth-order valence-electron chi connectivity index (χ4n) is 2.86. The van der Waals surface area contributed by atoms with Gasteiger partial charge in [0.1, 0.15) is 11.6 Å². The molecule has 1 heterocycles. The summed E-state index contributed by atoms with van der Waals surface area (Å²) >= 11 is 0. The van der Waals surface area contributed by atoms with Gasteiger partial charge in [-0.3, -0.25) is 9.59 Å². The first-order chi connectivity index (χ1) is 12.5. The quantitative estimate of drug-likeness (QED) is 0.770. The van der Waals surface area contributed by atoms with E-state index in [9.17, 15) is 14.0 Å². The minimum atomic E-state index is -0.257. The van der Waals surface area contributed by atoms with E-state index in [1.807, 2.05) is 6.08 Å². The highest BCUT2D eigenvalue weighted by Crippen LogP contribution is 2.22. The molecule has 0 spiro atoms. The highest BCUT2D eigenvalue weighted by molar-refractivity contribution is 5.94. The number of hydrogen-bond donors (Lipinski definition) is 0. The van der Waals surface area contributed by atoms with Gasteiger partial charge in [-0.1, -0.05) is 30.3 Å². The number of carbonyl (C=O) groups is 2. The highest BCUT2D eigenvalue weighted by Gasteiger charge is 2.18. The van der Waals surface area contributed by atoms with Gasteiger partial charge in [0.15, 0.2) is 12.4 Å². The van der Waals surface area contributed by atoms with Crippen LogP contribution in [0.4, 0.5) is 4.39 Å². The SMILES string of the molecule is CC(=O)c1cccc(OCC(=O)N2CC=C(c3ccc(F)cc3)CC2)c1. The summed E-state index contributed by atoms with van der Waals surface area (Å²) in [6.07, 6.45) is 2.71. The van der Waals surface area contributed by atoms with Gasteiger partial charge in [-0.05, 0) is 48.7 Å². The van der Waals surface area contributed by atoms with Gasteiger partial charge in [-0.2, -0.15) is 0 Å². The lowest BCUT2D eigenvalue weighted by Gasteiger charge is -2.26. The molecule has 1 amide bonds. The van der Waals surface area contributed by atoms with Gasteiger partial charge in [0.05, 0.1) is 0 Å². The van der Waals surface area contributed by atoms with Crippen LogP contribution in [0, 0.1) is 5.82 Å². The zero-order valence-corrected chi connectivity index (χ0v) is 14.6. The minimum Gasteiger partial charge on any atom is -0.484 e. The van der Waals surface area contributed by atoms with Crippen LogP contribution < -0.4 is 4.74 Å². The smallest absolute Gasteiger partial charge is 0.260 e. The molecule has 0 atom stereocenters. The molecule has 0 N–H and O–H groups in total. The van der Waals surface area contributed by atoms with E-state index in [2.05, 4.69) is 0 Å². The maximum absolute atomic E-state index is 13.0. The van der Waals surface area contributed by atoms with Crippen molar-refractivity contribution in [2.24, 2.45) is 0 Å². The van der Waals surface area contributed by atoms with E-state index < -0.39 is 0 Å². The van der Waals surface area contributed by atoms with Crippen LogP contribution >= 0.6 is 0 Å². The van der Waals surface area contributed by atoms with Gasteiger partial charge in [0.25, 0.3) is 5.91 Å². The second-order valence-corrected chi connectivity index (χ2v) is 6.20. The molecule has 0 bridgehead atoms. The number of ketones is 1. The summed E-state index contributed by atoms with van der Waals surface area (Å²) in [5, 5.41) is 0. The van der Waals surface area contributed by atoms with Crippen LogP contribution in [0.15, 0.2) is 54.6 Å². The third-order valence-electron chi connectivity index (χ3n) is 4.38. The highest BCUT2D eigenvalue weighted by atomic mass is 19.1. The normalized spacial score (nSPS) is 13.9. The number of hydrogen-bond acceptors (Lipinski definition) is 3. The van der Waals surface area contributed by atoms with E-state index in [0.29, 0.717) is 24.4 Å². The number of carbonyl (C=O) groups excluding carboxylic acids is 2. The first-order valence-electron chi connectivity index (χ1n) is 8.49. The Morgan fingerprint density at radius 1 is 1.15 bits per heavy atom. The van der Waals surface area contributed by atoms with Crippen molar-refractivity contribution < 1.29 is 18.7 Å². The van der Waals surface area contributed by atoms with Gasteiger partial charge in [-0.15, -0.1) is 0 Å². The summed E-state index contributed by atoms with van der Waals surface area (Å²) < 4.78 is 18.5. The summed E-state index contributed by atoms with van der Waals surface area (Å²) in [4.78, 5) is 25.4. The van der Waals surface area contributed by atoms with Crippen LogP contribution in [0.5, 0.6) is 5.75 Å². The van der Waals surface area contributed by atoms with E-state index >= 15 is 0 Å². The number of amides is 1. The second-order valence-electron chi connectivity index (χ2n) is 6.20. The van der Waals surface area contributed by atoms with Crippen molar-refractivity contribution in [3.8, 4) is 5.75 Å². The summed E-state index contributed by atoms with van der Waals surface area (Å²) in [6, 6.07) is 13.2. The summed E-state index contributed by atoms with van der Waals surface area (Å²) in [5.74, 6) is 0.0995. The van der Waals surface area contributed by atoms with E-state index in [-0.39, 0.29) is 24.1 Å². The van der Waals surface area contributed by atoms with Crippen LogP contribution in [-0.4, -0.2) is 36.3 Å². The number of benzene rings is 2. The molecule has 0 aromatic heterocycles. The molecule has 1 aliphatic heterocycles. The third kappa shape index (κ3) is 4.36. The van der Waals surface area contributed by atoms with Gasteiger partial charge in [0, 0.05) is 18.7 Å². The van der Waals surface area contributed by atoms with Gasteiger partial charge >= 0.3 is 0 Å². The Kier molecular flexibility index (Phi) is 5.46. The molecule has 0 radical (unpaired) electrons. The zero-order valence-electron chi connectivity index (χ0n) is 14.6. The number of Topliss-reactive ketones (excluding diaryl/α,β-unsaturated/α-hetero) is 1. The zero-order chi connectivity index (χ0) is 18.5. The van der Waals surface area contributed by atoms with E-state index in [1.165, 1.54) is 19.1 Å². The van der Waals surface area contributed by atoms with E-state index in [4.69, 9.17) is 4.74 Å². The monoisotopic (exact) mass is 353 g/mol. The maximum Gasteiger partial charge on any atom is 0.260 e. The Balaban J connectivity index is 1.56. The molecule has 0 saturated heterocycles. The predicted molar refractivity (Wildman–Crippen MR) is 97.5 cm³/mol. The van der Waals surface area contributed by atoms with E-state index in [0.717, 1.165) is 17.6 Å². The van der Waals surface area contributed by atoms with Crippen molar-refractivity contribution >= 4 is 17.3 Å². The van der Waals surface area contributed by atoms with Crippen molar-refractivity contribution in [2.75, 3.05) is 19.7 Å². The first kappa shape index (κ1) is 17.9. The van der Waals surface area contributed by atoms with Gasteiger partial charge in [0.2, 0.25) is 0 Å². The molecule has 1 aliphatic rings. The van der Waals surface area contributed by atoms with E-state index in [1.54, 1.807) is 41.3 Å². The van der Waals surface area contributed by atoms with Crippen molar-refractivity contribution in [1.82, 2.24) is 4.90 Å². The van der Waals surface area contributed by atoms with Crippen molar-refractivity contribution in [3.63, 3.8) is 0 Å². The maximum atomic E-state index is 13.0. The minimum absolute atomic E-state index is 0.0451. The molecule has 134 valence electrons. The number of ether oxygens (including phenoxy) is 1. The molecule has 4 nitrogen and oxygen atoms in total. The molecule has 26 heavy (non-hydrogen) atoms. The molecular formula is C21H20FNO3. The van der Waals surface area contributed by atoms with Crippen LogP contribution in [-0.2, 0) is 4.79 Å².